The van der Waals surface area contributed by atoms with E-state index in [1.807, 2.05) is 54.6 Å². The fourth-order valence-electron chi connectivity index (χ4n) is 7.08. The highest BCUT2D eigenvalue weighted by atomic mass is 19.1. The molecule has 0 aliphatic heterocycles. The molecule has 8 aromatic carbocycles. The Morgan fingerprint density at radius 3 is 1.55 bits per heavy atom. The number of anilines is 3. The van der Waals surface area contributed by atoms with Crippen molar-refractivity contribution in [1.82, 2.24) is 0 Å². The Balaban J connectivity index is 1.31. The molecule has 206 valence electrons. The number of halogens is 1. The van der Waals surface area contributed by atoms with Gasteiger partial charge < -0.3 is 13.7 Å². The summed E-state index contributed by atoms with van der Waals surface area (Å²) in [5.74, 6) is -0.205. The summed E-state index contributed by atoms with van der Waals surface area (Å²) in [5, 5.41) is 10.1. The molecule has 3 nitrogen and oxygen atoms in total. The Morgan fingerprint density at radius 1 is 0.409 bits per heavy atom. The molecule has 0 aliphatic carbocycles. The van der Waals surface area contributed by atoms with Crippen LogP contribution in [0.4, 0.5) is 21.5 Å². The monoisotopic (exact) mass is 567 g/mol. The van der Waals surface area contributed by atoms with Gasteiger partial charge in [-0.15, -0.1) is 0 Å². The van der Waals surface area contributed by atoms with E-state index in [-0.39, 0.29) is 5.82 Å². The molecule has 0 bridgehead atoms. The summed E-state index contributed by atoms with van der Waals surface area (Å²) in [6.07, 6.45) is 0. The van der Waals surface area contributed by atoms with Crippen molar-refractivity contribution in [1.29, 1.82) is 0 Å². The first kappa shape index (κ1) is 23.7. The topological polar surface area (TPSA) is 29.5 Å². The molecule has 0 radical (unpaired) electrons. The fourth-order valence-corrected chi connectivity index (χ4v) is 7.08. The number of hydrogen-bond acceptors (Lipinski definition) is 3. The molecular weight excluding hydrogens is 545 g/mol. The predicted octanol–water partition coefficient (Wildman–Crippen LogP) is 12.0. The number of rotatable bonds is 3. The minimum atomic E-state index is -0.205. The summed E-state index contributed by atoms with van der Waals surface area (Å²) >= 11 is 0. The molecule has 2 aromatic heterocycles. The van der Waals surface area contributed by atoms with E-state index in [4.69, 9.17) is 8.83 Å². The van der Waals surface area contributed by atoms with Gasteiger partial charge in [0.15, 0.2) is 0 Å². The van der Waals surface area contributed by atoms with Gasteiger partial charge in [0.2, 0.25) is 0 Å². The Labute approximate surface area is 250 Å². The second-order valence-corrected chi connectivity index (χ2v) is 11.4. The van der Waals surface area contributed by atoms with Gasteiger partial charge in [-0.05, 0) is 76.8 Å². The fraction of sp³-hybridized carbons (Fsp3) is 0. The molecule has 0 aliphatic rings. The number of benzene rings is 8. The van der Waals surface area contributed by atoms with E-state index in [9.17, 15) is 0 Å². The van der Waals surface area contributed by atoms with Crippen LogP contribution in [-0.4, -0.2) is 0 Å². The lowest BCUT2D eigenvalue weighted by molar-refractivity contribution is 0.640. The second kappa shape index (κ2) is 8.59. The summed E-state index contributed by atoms with van der Waals surface area (Å²) in [6.45, 7) is 0. The van der Waals surface area contributed by atoms with Gasteiger partial charge in [-0.25, -0.2) is 4.39 Å². The van der Waals surface area contributed by atoms with Crippen molar-refractivity contribution in [2.45, 2.75) is 0 Å². The molecule has 0 unspecified atom stereocenters. The summed E-state index contributed by atoms with van der Waals surface area (Å²) in [6, 6.07) is 45.0. The second-order valence-electron chi connectivity index (χ2n) is 11.4. The standard InChI is InChI=1S/C40H22FNO2/c41-33-17-11-23-10-16-30-34(18-12-24-9-15-29(33)39(23)40(24)30)42(25-13-19-37-31(21-25)27-5-1-3-7-35(27)43-37)26-14-20-38-32(22-26)28-6-2-4-8-36(28)44-38/h1-22H. The number of nitrogens with zero attached hydrogens (tertiary/aromatic N) is 1. The summed E-state index contributed by atoms with van der Waals surface area (Å²) in [5.41, 5.74) is 6.42. The van der Waals surface area contributed by atoms with E-state index in [1.54, 1.807) is 6.07 Å². The number of fused-ring (bicyclic) bond motifs is 6. The van der Waals surface area contributed by atoms with Crippen molar-refractivity contribution in [2.24, 2.45) is 0 Å². The van der Waals surface area contributed by atoms with Crippen LogP contribution in [0.2, 0.25) is 0 Å². The largest absolute Gasteiger partial charge is 0.456 e. The van der Waals surface area contributed by atoms with Gasteiger partial charge in [0.1, 0.15) is 28.1 Å². The van der Waals surface area contributed by atoms with Gasteiger partial charge in [-0.3, -0.25) is 0 Å². The normalized spacial score (nSPS) is 12.2. The van der Waals surface area contributed by atoms with E-state index < -0.39 is 0 Å². The SMILES string of the molecule is Fc1ccc2ccc3c(N(c4ccc5oc6ccccc6c5c4)c4ccc5oc6ccccc6c5c4)ccc4ccc1c2c43. The zero-order chi connectivity index (χ0) is 28.9. The smallest absolute Gasteiger partial charge is 0.135 e. The van der Waals surface area contributed by atoms with Gasteiger partial charge >= 0.3 is 0 Å². The number of para-hydroxylation sites is 2. The lowest BCUT2D eigenvalue weighted by Crippen LogP contribution is -2.10. The van der Waals surface area contributed by atoms with Gasteiger partial charge in [0.05, 0.1) is 5.69 Å². The van der Waals surface area contributed by atoms with Gasteiger partial charge in [0, 0.05) is 49.1 Å². The van der Waals surface area contributed by atoms with Crippen LogP contribution in [-0.2, 0) is 0 Å². The lowest BCUT2D eigenvalue weighted by Gasteiger charge is -2.28. The van der Waals surface area contributed by atoms with Crippen LogP contribution >= 0.6 is 0 Å². The lowest BCUT2D eigenvalue weighted by atomic mass is 9.92. The third-order valence-corrected chi connectivity index (χ3v) is 9.07. The zero-order valence-electron chi connectivity index (χ0n) is 23.3. The minimum Gasteiger partial charge on any atom is -0.456 e. The highest BCUT2D eigenvalue weighted by Gasteiger charge is 2.21. The van der Waals surface area contributed by atoms with Gasteiger partial charge in [-0.2, -0.15) is 0 Å². The first-order valence-electron chi connectivity index (χ1n) is 14.7. The molecule has 0 saturated heterocycles. The molecule has 0 N–H and O–H groups in total. The highest BCUT2D eigenvalue weighted by Crippen LogP contribution is 2.46. The molecule has 44 heavy (non-hydrogen) atoms. The van der Waals surface area contributed by atoms with Crippen molar-refractivity contribution in [2.75, 3.05) is 4.90 Å². The molecule has 0 saturated carbocycles. The first-order valence-corrected chi connectivity index (χ1v) is 14.7. The van der Waals surface area contributed by atoms with Crippen molar-refractivity contribution in [3.63, 3.8) is 0 Å². The Morgan fingerprint density at radius 2 is 0.909 bits per heavy atom. The zero-order valence-corrected chi connectivity index (χ0v) is 23.3. The van der Waals surface area contributed by atoms with E-state index >= 15 is 4.39 Å². The molecule has 4 heteroatoms. The maximum Gasteiger partial charge on any atom is 0.135 e. The van der Waals surface area contributed by atoms with Gasteiger partial charge in [-0.1, -0.05) is 72.8 Å². The molecule has 0 fully saturated rings. The van der Waals surface area contributed by atoms with Crippen LogP contribution in [0.25, 0.3) is 76.2 Å². The van der Waals surface area contributed by atoms with Crippen molar-refractivity contribution < 1.29 is 13.2 Å². The maximum atomic E-state index is 15.1. The molecule has 10 rings (SSSR count). The molecule has 2 heterocycles. The van der Waals surface area contributed by atoms with E-state index in [2.05, 4.69) is 77.7 Å². The molecular formula is C40H22FNO2. The average molecular weight is 568 g/mol. The van der Waals surface area contributed by atoms with Crippen LogP contribution in [0.1, 0.15) is 0 Å². The predicted molar refractivity (Wildman–Crippen MR) is 179 cm³/mol. The minimum absolute atomic E-state index is 0.205. The van der Waals surface area contributed by atoms with E-state index in [1.165, 1.54) is 0 Å². The van der Waals surface area contributed by atoms with E-state index in [0.717, 1.165) is 87.9 Å². The number of hydrogen-bond donors (Lipinski definition) is 0. The average Bonchev–Trinajstić information content (AvgIpc) is 3.63. The third-order valence-electron chi connectivity index (χ3n) is 9.07. The first-order chi connectivity index (χ1) is 21.7. The van der Waals surface area contributed by atoms with Crippen LogP contribution in [0.15, 0.2) is 142 Å². The Kier molecular flexibility index (Phi) is 4.62. The van der Waals surface area contributed by atoms with Crippen molar-refractivity contribution in [3.8, 4) is 0 Å². The third kappa shape index (κ3) is 3.20. The van der Waals surface area contributed by atoms with Crippen LogP contribution in [0.5, 0.6) is 0 Å². The van der Waals surface area contributed by atoms with Crippen molar-refractivity contribution in [3.05, 3.63) is 139 Å². The Bertz CT molecular complexity index is 2640. The summed E-state index contributed by atoms with van der Waals surface area (Å²) < 4.78 is 27.4. The van der Waals surface area contributed by atoms with E-state index in [0.29, 0.717) is 5.39 Å². The molecule has 10 aromatic rings. The number of furan rings is 2. The summed E-state index contributed by atoms with van der Waals surface area (Å²) in [4.78, 5) is 2.30. The summed E-state index contributed by atoms with van der Waals surface area (Å²) in [7, 11) is 0. The molecule has 0 atom stereocenters. The molecule has 0 amide bonds. The van der Waals surface area contributed by atoms with Crippen LogP contribution < -0.4 is 4.90 Å². The Hall–Kier alpha value is -5.87. The quantitative estimate of drug-likeness (QED) is 0.199. The molecule has 0 spiro atoms. The maximum absolute atomic E-state index is 15.1. The van der Waals surface area contributed by atoms with Crippen LogP contribution in [0.3, 0.4) is 0 Å². The highest BCUT2D eigenvalue weighted by molar-refractivity contribution is 6.26. The van der Waals surface area contributed by atoms with Crippen molar-refractivity contribution >= 4 is 93.3 Å². The van der Waals surface area contributed by atoms with Crippen LogP contribution in [0, 0.1) is 5.82 Å². The van der Waals surface area contributed by atoms with Gasteiger partial charge in [0.25, 0.3) is 0 Å².